The fourth-order valence-corrected chi connectivity index (χ4v) is 7.60. The first-order chi connectivity index (χ1) is 21.5. The molecule has 0 unspecified atom stereocenters. The van der Waals surface area contributed by atoms with Crippen LogP contribution >= 0.6 is 11.8 Å². The minimum absolute atomic E-state index is 0.0150. The van der Waals surface area contributed by atoms with Gasteiger partial charge in [-0.05, 0) is 72.8 Å². The monoisotopic (exact) mass is 609 g/mol. The fourth-order valence-electron chi connectivity index (χ4n) is 5.94. The summed E-state index contributed by atoms with van der Waals surface area (Å²) in [6.07, 6.45) is 1.89. The van der Waals surface area contributed by atoms with Crippen molar-refractivity contribution in [1.82, 2.24) is 4.90 Å². The molecular formula is C39H47NO3S. The number of nitrogens with zero attached hydrogens (tertiary/aromatic N) is 1. The molecule has 4 aromatic carbocycles. The van der Waals surface area contributed by atoms with Crippen LogP contribution in [-0.2, 0) is 29.1 Å². The number of hydrogen-bond donors (Lipinski definition) is 0. The molecule has 0 bridgehead atoms. The van der Waals surface area contributed by atoms with Crippen LogP contribution in [0.5, 0.6) is 5.75 Å². The Morgan fingerprint density at radius 1 is 0.682 bits per heavy atom. The molecule has 4 aromatic rings. The van der Waals surface area contributed by atoms with Gasteiger partial charge in [-0.2, -0.15) is 0 Å². The average molecular weight is 610 g/mol. The smallest absolute Gasteiger partial charge is 0.119 e. The van der Waals surface area contributed by atoms with Gasteiger partial charge in [-0.1, -0.05) is 111 Å². The summed E-state index contributed by atoms with van der Waals surface area (Å²) in [4.78, 5) is 2.13. The van der Waals surface area contributed by atoms with Crippen molar-refractivity contribution in [3.63, 3.8) is 0 Å². The molecule has 1 fully saturated rings. The molecule has 1 saturated heterocycles. The molecule has 232 valence electrons. The maximum atomic E-state index is 6.86. The van der Waals surface area contributed by atoms with E-state index < -0.39 is 0 Å². The Kier molecular flexibility index (Phi) is 12.0. The van der Waals surface area contributed by atoms with Gasteiger partial charge >= 0.3 is 0 Å². The summed E-state index contributed by atoms with van der Waals surface area (Å²) in [5.41, 5.74) is 6.28. The molecule has 5 atom stereocenters. The summed E-state index contributed by atoms with van der Waals surface area (Å²) in [7, 11) is 4.12. The maximum absolute atomic E-state index is 6.86. The van der Waals surface area contributed by atoms with E-state index in [1.54, 1.807) is 0 Å². The van der Waals surface area contributed by atoms with Gasteiger partial charge in [0, 0.05) is 11.8 Å². The highest BCUT2D eigenvalue weighted by Crippen LogP contribution is 2.49. The molecule has 1 aliphatic heterocycles. The van der Waals surface area contributed by atoms with E-state index in [-0.39, 0.29) is 17.5 Å². The summed E-state index contributed by atoms with van der Waals surface area (Å²) in [5.74, 6) is 1.29. The van der Waals surface area contributed by atoms with Crippen LogP contribution in [0.4, 0.5) is 0 Å². The van der Waals surface area contributed by atoms with E-state index in [0.29, 0.717) is 31.0 Å². The zero-order chi connectivity index (χ0) is 30.7. The van der Waals surface area contributed by atoms with E-state index in [1.807, 2.05) is 0 Å². The Hall–Kier alpha value is -3.09. The zero-order valence-electron chi connectivity index (χ0n) is 26.6. The van der Waals surface area contributed by atoms with E-state index in [4.69, 9.17) is 14.2 Å². The predicted octanol–water partition coefficient (Wildman–Crippen LogP) is 8.59. The SMILES string of the molecule is CC[C@H]1S[C@@H](c2cccc(Cc3ccc(OCCN(C)C)cc3)c2)[C@H](OCc2ccccc2)[C@@H](OCc2ccccc2)[C@@H]1C. The van der Waals surface area contributed by atoms with E-state index >= 15 is 0 Å². The predicted molar refractivity (Wildman–Crippen MR) is 183 cm³/mol. The average Bonchev–Trinajstić information content (AvgIpc) is 3.05. The summed E-state index contributed by atoms with van der Waals surface area (Å²) in [6.45, 7) is 7.39. The normalized spacial score (nSPS) is 21.8. The number of likely N-dealkylation sites (N-methyl/N-ethyl adjacent to an activating group) is 1. The van der Waals surface area contributed by atoms with Crippen LogP contribution in [0.25, 0.3) is 0 Å². The maximum Gasteiger partial charge on any atom is 0.119 e. The van der Waals surface area contributed by atoms with Gasteiger partial charge in [0.05, 0.1) is 24.6 Å². The van der Waals surface area contributed by atoms with Gasteiger partial charge in [-0.15, -0.1) is 11.8 Å². The highest BCUT2D eigenvalue weighted by Gasteiger charge is 2.45. The van der Waals surface area contributed by atoms with E-state index in [9.17, 15) is 0 Å². The van der Waals surface area contributed by atoms with E-state index in [2.05, 4.69) is 154 Å². The molecule has 0 N–H and O–H groups in total. The molecule has 0 spiro atoms. The largest absolute Gasteiger partial charge is 0.492 e. The minimum atomic E-state index is -0.0735. The van der Waals surface area contributed by atoms with Crippen LogP contribution in [0.3, 0.4) is 0 Å². The van der Waals surface area contributed by atoms with Crippen LogP contribution in [-0.4, -0.2) is 49.6 Å². The Morgan fingerprint density at radius 2 is 1.30 bits per heavy atom. The minimum Gasteiger partial charge on any atom is -0.492 e. The van der Waals surface area contributed by atoms with Gasteiger partial charge in [-0.3, -0.25) is 0 Å². The second kappa shape index (κ2) is 16.3. The molecule has 44 heavy (non-hydrogen) atoms. The van der Waals surface area contributed by atoms with Crippen LogP contribution in [0.15, 0.2) is 109 Å². The standard InChI is InChI=1S/C39H47NO3S/c1-5-36-29(2)37(42-27-31-13-8-6-9-14-31)38(43-28-32-15-10-7-11-16-32)39(44-36)34-18-12-17-33(26-34)25-30-19-21-35(22-20-30)41-24-23-40(3)4/h6-22,26,29,36-39H,5,23-25,27-28H2,1-4H3/t29-,36-,37+,38-,39+/m1/s1. The summed E-state index contributed by atoms with van der Waals surface area (Å²) in [6, 6.07) is 38.6. The van der Waals surface area contributed by atoms with Gasteiger partial charge in [0.2, 0.25) is 0 Å². The van der Waals surface area contributed by atoms with Crippen molar-refractivity contribution in [2.75, 3.05) is 27.2 Å². The lowest BCUT2D eigenvalue weighted by atomic mass is 9.89. The van der Waals surface area contributed by atoms with Crippen LogP contribution in [0.2, 0.25) is 0 Å². The number of thioether (sulfide) groups is 1. The van der Waals surface area contributed by atoms with Crippen LogP contribution < -0.4 is 4.74 Å². The van der Waals surface area contributed by atoms with Gasteiger partial charge in [0.1, 0.15) is 18.5 Å². The number of rotatable bonds is 14. The van der Waals surface area contributed by atoms with Crippen LogP contribution in [0, 0.1) is 5.92 Å². The highest BCUT2D eigenvalue weighted by atomic mass is 32.2. The molecule has 1 heterocycles. The Labute approximate surface area is 268 Å². The quantitative estimate of drug-likeness (QED) is 0.143. The Balaban J connectivity index is 1.36. The molecule has 0 saturated carbocycles. The third-order valence-electron chi connectivity index (χ3n) is 8.44. The molecular weight excluding hydrogens is 563 g/mol. The van der Waals surface area contributed by atoms with Crippen molar-refractivity contribution in [3.05, 3.63) is 137 Å². The molecule has 0 aliphatic carbocycles. The summed E-state index contributed by atoms with van der Waals surface area (Å²) in [5, 5.41) is 0.661. The first-order valence-corrected chi connectivity index (χ1v) is 16.9. The van der Waals surface area contributed by atoms with E-state index in [0.717, 1.165) is 25.1 Å². The summed E-state index contributed by atoms with van der Waals surface area (Å²) < 4.78 is 19.6. The highest BCUT2D eigenvalue weighted by molar-refractivity contribution is 8.00. The second-order valence-electron chi connectivity index (χ2n) is 12.1. The third-order valence-corrected chi connectivity index (χ3v) is 10.4. The molecule has 4 nitrogen and oxygen atoms in total. The Morgan fingerprint density at radius 3 is 1.91 bits per heavy atom. The molecule has 5 heteroatoms. The van der Waals surface area contributed by atoms with Crippen molar-refractivity contribution in [2.24, 2.45) is 5.92 Å². The molecule has 0 aromatic heterocycles. The van der Waals surface area contributed by atoms with Crippen molar-refractivity contribution < 1.29 is 14.2 Å². The lowest BCUT2D eigenvalue weighted by Gasteiger charge is -2.45. The van der Waals surface area contributed by atoms with Gasteiger partial charge < -0.3 is 19.1 Å². The van der Waals surface area contributed by atoms with Crippen LogP contribution in [0.1, 0.15) is 53.3 Å². The van der Waals surface area contributed by atoms with Gasteiger partial charge in [0.15, 0.2) is 0 Å². The number of benzene rings is 4. The first kappa shape index (κ1) is 32.3. The first-order valence-electron chi connectivity index (χ1n) is 15.9. The van der Waals surface area contributed by atoms with Crippen molar-refractivity contribution in [2.45, 2.75) is 62.6 Å². The zero-order valence-corrected chi connectivity index (χ0v) is 27.4. The number of hydrogen-bond acceptors (Lipinski definition) is 5. The molecule has 1 aliphatic rings. The summed E-state index contributed by atoms with van der Waals surface area (Å²) >= 11 is 2.06. The van der Waals surface area contributed by atoms with Gasteiger partial charge in [-0.25, -0.2) is 0 Å². The number of ether oxygens (including phenoxy) is 3. The Bertz CT molecular complexity index is 1400. The van der Waals surface area contributed by atoms with Crippen molar-refractivity contribution in [3.8, 4) is 5.75 Å². The second-order valence-corrected chi connectivity index (χ2v) is 13.5. The lowest BCUT2D eigenvalue weighted by molar-refractivity contribution is -0.112. The molecule has 5 rings (SSSR count). The topological polar surface area (TPSA) is 30.9 Å². The fraction of sp³-hybridized carbons (Fsp3) is 0.385. The van der Waals surface area contributed by atoms with Gasteiger partial charge in [0.25, 0.3) is 0 Å². The molecule has 0 radical (unpaired) electrons. The lowest BCUT2D eigenvalue weighted by Crippen LogP contribution is -2.48. The van der Waals surface area contributed by atoms with Crippen molar-refractivity contribution >= 4 is 11.8 Å². The van der Waals surface area contributed by atoms with E-state index in [1.165, 1.54) is 27.8 Å². The molecule has 0 amide bonds. The third kappa shape index (κ3) is 8.98. The van der Waals surface area contributed by atoms with Crippen molar-refractivity contribution in [1.29, 1.82) is 0 Å².